The fourth-order valence-electron chi connectivity index (χ4n) is 2.08. The molecule has 1 saturated heterocycles. The van der Waals surface area contributed by atoms with Crippen LogP contribution in [0, 0.1) is 13.8 Å². The maximum absolute atomic E-state index is 11.8. The zero-order valence-electron chi connectivity index (χ0n) is 10.1. The number of nitrogens with zero attached hydrogens (tertiary/aromatic N) is 1. The Bertz CT molecular complexity index is 431. The molecule has 1 heterocycles. The fourth-order valence-corrected chi connectivity index (χ4v) is 2.08. The Morgan fingerprint density at radius 1 is 1.47 bits per heavy atom. The van der Waals surface area contributed by atoms with Crippen LogP contribution >= 0.6 is 0 Å². The summed E-state index contributed by atoms with van der Waals surface area (Å²) in [5.74, 6) is 0. The Morgan fingerprint density at radius 2 is 2.24 bits per heavy atom. The number of carbonyl (C=O) groups excluding carboxylic acids is 1. The second-order valence-corrected chi connectivity index (χ2v) is 4.40. The van der Waals surface area contributed by atoms with Gasteiger partial charge < -0.3 is 9.84 Å². The average Bonchev–Trinajstić information content (AvgIpc) is 2.32. The summed E-state index contributed by atoms with van der Waals surface area (Å²) >= 11 is 0. The molecular formula is C13H17NO3. The summed E-state index contributed by atoms with van der Waals surface area (Å²) in [6.07, 6.45) is 0.291. The summed E-state index contributed by atoms with van der Waals surface area (Å²) in [5, 5.41) is 9.35. The number of hydrogen-bond donors (Lipinski definition) is 1. The van der Waals surface area contributed by atoms with Crippen molar-refractivity contribution in [2.45, 2.75) is 26.3 Å². The van der Waals surface area contributed by atoms with E-state index in [0.717, 1.165) is 16.8 Å². The van der Waals surface area contributed by atoms with Crippen molar-refractivity contribution in [1.82, 2.24) is 0 Å². The van der Waals surface area contributed by atoms with Crippen LogP contribution in [0.2, 0.25) is 0 Å². The molecule has 4 heteroatoms. The number of rotatable bonds is 2. The Morgan fingerprint density at radius 3 is 2.94 bits per heavy atom. The molecule has 1 amide bonds. The summed E-state index contributed by atoms with van der Waals surface area (Å²) in [6.45, 7) is 4.27. The average molecular weight is 235 g/mol. The molecule has 1 atom stereocenters. The summed E-state index contributed by atoms with van der Waals surface area (Å²) in [5.41, 5.74) is 2.92. The van der Waals surface area contributed by atoms with Crippen molar-refractivity contribution in [2.24, 2.45) is 0 Å². The minimum Gasteiger partial charge on any atom is -0.449 e. The molecule has 92 valence electrons. The minimum atomic E-state index is -0.371. The van der Waals surface area contributed by atoms with Crippen molar-refractivity contribution in [3.8, 4) is 0 Å². The Hall–Kier alpha value is -1.55. The lowest BCUT2D eigenvalue weighted by Crippen LogP contribution is -2.48. The van der Waals surface area contributed by atoms with Gasteiger partial charge in [0.25, 0.3) is 0 Å². The molecule has 2 rings (SSSR count). The molecule has 1 aliphatic heterocycles. The van der Waals surface area contributed by atoms with E-state index in [1.807, 2.05) is 32.0 Å². The van der Waals surface area contributed by atoms with E-state index in [0.29, 0.717) is 13.0 Å². The number of cyclic esters (lactones) is 1. The van der Waals surface area contributed by atoms with Crippen LogP contribution in [-0.4, -0.2) is 30.5 Å². The molecule has 1 aliphatic rings. The highest BCUT2D eigenvalue weighted by atomic mass is 16.6. The van der Waals surface area contributed by atoms with Crippen molar-refractivity contribution in [3.05, 3.63) is 29.3 Å². The summed E-state index contributed by atoms with van der Waals surface area (Å²) < 4.78 is 5.05. The lowest BCUT2D eigenvalue weighted by Gasteiger charge is -2.34. The van der Waals surface area contributed by atoms with Crippen LogP contribution in [0.15, 0.2) is 18.2 Å². The lowest BCUT2D eigenvalue weighted by molar-refractivity contribution is 0.115. The SMILES string of the molecule is Cc1ccc(C)c(N2C(=O)OCCC2CO)c1. The van der Waals surface area contributed by atoms with E-state index in [4.69, 9.17) is 4.74 Å². The Balaban J connectivity index is 2.41. The van der Waals surface area contributed by atoms with Crippen LogP contribution in [0.4, 0.5) is 10.5 Å². The van der Waals surface area contributed by atoms with Gasteiger partial charge in [-0.3, -0.25) is 4.90 Å². The van der Waals surface area contributed by atoms with Crippen LogP contribution in [0.1, 0.15) is 17.5 Å². The maximum Gasteiger partial charge on any atom is 0.414 e. The van der Waals surface area contributed by atoms with Gasteiger partial charge in [-0.25, -0.2) is 4.79 Å². The molecule has 0 aromatic heterocycles. The molecule has 1 aromatic carbocycles. The van der Waals surface area contributed by atoms with E-state index < -0.39 is 0 Å². The second-order valence-electron chi connectivity index (χ2n) is 4.40. The Labute approximate surface area is 101 Å². The molecule has 0 bridgehead atoms. The quantitative estimate of drug-likeness (QED) is 0.853. The van der Waals surface area contributed by atoms with Gasteiger partial charge in [-0.1, -0.05) is 12.1 Å². The first kappa shape index (κ1) is 11.9. The lowest BCUT2D eigenvalue weighted by atomic mass is 10.1. The normalized spacial score (nSPS) is 20.3. The number of amides is 1. The highest BCUT2D eigenvalue weighted by Gasteiger charge is 2.31. The first-order valence-corrected chi connectivity index (χ1v) is 5.77. The molecule has 0 aliphatic carbocycles. The number of aliphatic hydroxyl groups excluding tert-OH is 1. The van der Waals surface area contributed by atoms with E-state index in [2.05, 4.69) is 0 Å². The third kappa shape index (κ3) is 2.26. The number of aryl methyl sites for hydroxylation is 2. The number of anilines is 1. The van der Waals surface area contributed by atoms with Crippen molar-refractivity contribution in [3.63, 3.8) is 0 Å². The zero-order valence-corrected chi connectivity index (χ0v) is 10.1. The van der Waals surface area contributed by atoms with Crippen molar-refractivity contribution < 1.29 is 14.6 Å². The third-order valence-electron chi connectivity index (χ3n) is 3.07. The summed E-state index contributed by atoms with van der Waals surface area (Å²) in [7, 11) is 0. The number of aliphatic hydroxyl groups is 1. The first-order valence-electron chi connectivity index (χ1n) is 5.77. The molecule has 1 fully saturated rings. The van der Waals surface area contributed by atoms with Crippen molar-refractivity contribution in [2.75, 3.05) is 18.1 Å². The largest absolute Gasteiger partial charge is 0.449 e. The van der Waals surface area contributed by atoms with Gasteiger partial charge in [0.1, 0.15) is 0 Å². The van der Waals surface area contributed by atoms with Gasteiger partial charge in [0.05, 0.1) is 24.9 Å². The van der Waals surface area contributed by atoms with Crippen LogP contribution in [0.5, 0.6) is 0 Å². The fraction of sp³-hybridized carbons (Fsp3) is 0.462. The van der Waals surface area contributed by atoms with Crippen LogP contribution < -0.4 is 4.90 Å². The van der Waals surface area contributed by atoms with Gasteiger partial charge >= 0.3 is 6.09 Å². The monoisotopic (exact) mass is 235 g/mol. The predicted octanol–water partition coefficient (Wildman–Crippen LogP) is 2.01. The molecule has 1 unspecified atom stereocenters. The maximum atomic E-state index is 11.8. The van der Waals surface area contributed by atoms with Gasteiger partial charge in [0.2, 0.25) is 0 Å². The van der Waals surface area contributed by atoms with Crippen LogP contribution in [0.3, 0.4) is 0 Å². The Kier molecular flexibility index (Phi) is 3.33. The highest BCUT2D eigenvalue weighted by molar-refractivity contribution is 5.90. The molecule has 1 N–H and O–H groups in total. The molecule has 0 radical (unpaired) electrons. The van der Waals surface area contributed by atoms with Crippen molar-refractivity contribution >= 4 is 11.8 Å². The summed E-state index contributed by atoms with van der Waals surface area (Å²) in [4.78, 5) is 13.4. The molecule has 4 nitrogen and oxygen atoms in total. The van der Waals surface area contributed by atoms with E-state index in [1.165, 1.54) is 0 Å². The van der Waals surface area contributed by atoms with Gasteiger partial charge in [-0.2, -0.15) is 0 Å². The third-order valence-corrected chi connectivity index (χ3v) is 3.07. The smallest absolute Gasteiger partial charge is 0.414 e. The van der Waals surface area contributed by atoms with Crippen molar-refractivity contribution in [1.29, 1.82) is 0 Å². The molecule has 0 spiro atoms. The highest BCUT2D eigenvalue weighted by Crippen LogP contribution is 2.27. The standard InChI is InChI=1S/C13H17NO3/c1-9-3-4-10(2)12(7-9)14-11(8-15)5-6-17-13(14)16/h3-4,7,11,15H,5-6,8H2,1-2H3. The first-order chi connectivity index (χ1) is 8.13. The van der Waals surface area contributed by atoms with E-state index in [9.17, 15) is 9.90 Å². The molecular weight excluding hydrogens is 218 g/mol. The van der Waals surface area contributed by atoms with E-state index in [1.54, 1.807) is 4.90 Å². The van der Waals surface area contributed by atoms with Crippen LogP contribution in [0.25, 0.3) is 0 Å². The minimum absolute atomic E-state index is 0.0392. The number of hydrogen-bond acceptors (Lipinski definition) is 3. The zero-order chi connectivity index (χ0) is 12.4. The van der Waals surface area contributed by atoms with E-state index >= 15 is 0 Å². The topological polar surface area (TPSA) is 49.8 Å². The molecule has 1 aromatic rings. The van der Waals surface area contributed by atoms with Gasteiger partial charge in [0, 0.05) is 6.42 Å². The molecule has 0 saturated carbocycles. The van der Waals surface area contributed by atoms with Gasteiger partial charge in [-0.05, 0) is 31.0 Å². The number of ether oxygens (including phenoxy) is 1. The second kappa shape index (κ2) is 4.75. The predicted molar refractivity (Wildman–Crippen MR) is 65.2 cm³/mol. The van der Waals surface area contributed by atoms with Gasteiger partial charge in [-0.15, -0.1) is 0 Å². The van der Waals surface area contributed by atoms with E-state index in [-0.39, 0.29) is 18.7 Å². The van der Waals surface area contributed by atoms with Gasteiger partial charge in [0.15, 0.2) is 0 Å². The van der Waals surface area contributed by atoms with Crippen LogP contribution in [-0.2, 0) is 4.74 Å². The number of benzene rings is 1. The number of carbonyl (C=O) groups is 1. The molecule has 17 heavy (non-hydrogen) atoms. The summed E-state index contributed by atoms with van der Waals surface area (Å²) in [6, 6.07) is 5.74.